The van der Waals surface area contributed by atoms with Gasteiger partial charge in [-0.05, 0) is 36.1 Å². The molecule has 0 spiro atoms. The van der Waals surface area contributed by atoms with Gasteiger partial charge in [-0.15, -0.1) is 0 Å². The number of carboxylic acid groups (broad SMARTS) is 1. The van der Waals surface area contributed by atoms with Gasteiger partial charge in [-0.1, -0.05) is 23.7 Å². The SMILES string of the molecule is CSCCC(NC(=O)N(C)Cc1cccc(Cl)c1)C(=O)O. The van der Waals surface area contributed by atoms with E-state index < -0.39 is 18.0 Å². The molecule has 0 radical (unpaired) electrons. The molecule has 21 heavy (non-hydrogen) atoms. The van der Waals surface area contributed by atoms with E-state index in [0.717, 1.165) is 5.56 Å². The Hall–Kier alpha value is -1.40. The van der Waals surface area contributed by atoms with Crippen molar-refractivity contribution in [3.63, 3.8) is 0 Å². The van der Waals surface area contributed by atoms with E-state index in [1.54, 1.807) is 30.9 Å². The lowest BCUT2D eigenvalue weighted by molar-refractivity contribution is -0.139. The first-order valence-electron chi connectivity index (χ1n) is 6.42. The summed E-state index contributed by atoms with van der Waals surface area (Å²) >= 11 is 7.44. The first-order valence-corrected chi connectivity index (χ1v) is 8.19. The molecule has 2 N–H and O–H groups in total. The highest BCUT2D eigenvalue weighted by molar-refractivity contribution is 7.98. The van der Waals surface area contributed by atoms with Gasteiger partial charge in [0, 0.05) is 18.6 Å². The number of carbonyl (C=O) groups excluding carboxylic acids is 1. The molecule has 0 heterocycles. The Bertz CT molecular complexity index is 499. The first-order chi connectivity index (χ1) is 9.93. The predicted octanol–water partition coefficient (Wildman–Crippen LogP) is 2.69. The second-order valence-corrected chi connectivity index (χ2v) is 6.03. The fraction of sp³-hybridized carbons (Fsp3) is 0.429. The second kappa shape index (κ2) is 8.79. The maximum Gasteiger partial charge on any atom is 0.326 e. The van der Waals surface area contributed by atoms with Crippen LogP contribution in [0.2, 0.25) is 5.02 Å². The van der Waals surface area contributed by atoms with Crippen molar-refractivity contribution >= 4 is 35.4 Å². The number of hydrogen-bond donors (Lipinski definition) is 2. The zero-order valence-electron chi connectivity index (χ0n) is 12.0. The normalized spacial score (nSPS) is 11.8. The summed E-state index contributed by atoms with van der Waals surface area (Å²) in [6.45, 7) is 0.362. The molecule has 1 aromatic rings. The molecule has 0 aliphatic heterocycles. The van der Waals surface area contributed by atoms with Crippen LogP contribution < -0.4 is 5.32 Å². The molecular formula is C14H19ClN2O3S. The fourth-order valence-electron chi connectivity index (χ4n) is 1.73. The van der Waals surface area contributed by atoms with E-state index in [1.807, 2.05) is 18.4 Å². The van der Waals surface area contributed by atoms with E-state index in [0.29, 0.717) is 23.7 Å². The average Bonchev–Trinajstić information content (AvgIpc) is 2.42. The number of benzene rings is 1. The van der Waals surface area contributed by atoms with E-state index in [1.165, 1.54) is 4.90 Å². The van der Waals surface area contributed by atoms with Crippen LogP contribution in [0.5, 0.6) is 0 Å². The highest BCUT2D eigenvalue weighted by atomic mass is 35.5. The van der Waals surface area contributed by atoms with Gasteiger partial charge in [-0.25, -0.2) is 9.59 Å². The van der Waals surface area contributed by atoms with Gasteiger partial charge in [0.15, 0.2) is 0 Å². The van der Waals surface area contributed by atoms with E-state index in [4.69, 9.17) is 16.7 Å². The molecule has 1 atom stereocenters. The number of thioether (sulfide) groups is 1. The molecule has 1 aromatic carbocycles. The second-order valence-electron chi connectivity index (χ2n) is 4.61. The van der Waals surface area contributed by atoms with Crippen molar-refractivity contribution in [2.24, 2.45) is 0 Å². The highest BCUT2D eigenvalue weighted by Gasteiger charge is 2.21. The van der Waals surface area contributed by atoms with E-state index >= 15 is 0 Å². The number of halogens is 1. The predicted molar refractivity (Wildman–Crippen MR) is 85.9 cm³/mol. The van der Waals surface area contributed by atoms with Crippen LogP contribution in [0.15, 0.2) is 24.3 Å². The lowest BCUT2D eigenvalue weighted by Crippen LogP contribution is -2.46. The maximum absolute atomic E-state index is 12.0. The van der Waals surface area contributed by atoms with Crippen molar-refractivity contribution in [3.05, 3.63) is 34.9 Å². The summed E-state index contributed by atoms with van der Waals surface area (Å²) in [7, 11) is 1.61. The van der Waals surface area contributed by atoms with Gasteiger partial charge in [0.05, 0.1) is 0 Å². The summed E-state index contributed by atoms with van der Waals surface area (Å²) in [5.41, 5.74) is 0.885. The number of urea groups is 1. The van der Waals surface area contributed by atoms with E-state index in [2.05, 4.69) is 5.32 Å². The molecule has 0 fully saturated rings. The minimum atomic E-state index is -1.02. The van der Waals surface area contributed by atoms with Crippen LogP contribution in [0.3, 0.4) is 0 Å². The molecule has 116 valence electrons. The first kappa shape index (κ1) is 17.7. The average molecular weight is 331 g/mol. The van der Waals surface area contributed by atoms with E-state index in [-0.39, 0.29) is 0 Å². The number of amides is 2. The molecule has 0 bridgehead atoms. The van der Waals surface area contributed by atoms with Gasteiger partial charge in [0.25, 0.3) is 0 Å². The smallest absolute Gasteiger partial charge is 0.326 e. The van der Waals surface area contributed by atoms with Crippen molar-refractivity contribution in [1.29, 1.82) is 0 Å². The summed E-state index contributed by atoms with van der Waals surface area (Å²) in [6, 6.07) is 5.91. The number of nitrogens with zero attached hydrogens (tertiary/aromatic N) is 1. The Morgan fingerprint density at radius 3 is 2.76 bits per heavy atom. The largest absolute Gasteiger partial charge is 0.480 e. The quantitative estimate of drug-likeness (QED) is 0.806. The van der Waals surface area contributed by atoms with Crippen molar-refractivity contribution in [1.82, 2.24) is 10.2 Å². The Morgan fingerprint density at radius 2 is 2.19 bits per heavy atom. The number of hydrogen-bond acceptors (Lipinski definition) is 3. The van der Waals surface area contributed by atoms with Crippen molar-refractivity contribution in [2.75, 3.05) is 19.1 Å². The summed E-state index contributed by atoms with van der Waals surface area (Å²) < 4.78 is 0. The zero-order chi connectivity index (χ0) is 15.8. The molecule has 1 rings (SSSR count). The topological polar surface area (TPSA) is 69.6 Å². The van der Waals surface area contributed by atoms with Gasteiger partial charge >= 0.3 is 12.0 Å². The van der Waals surface area contributed by atoms with Gasteiger partial charge in [-0.2, -0.15) is 11.8 Å². The number of carbonyl (C=O) groups is 2. The van der Waals surface area contributed by atoms with Crippen LogP contribution in [0.25, 0.3) is 0 Å². The van der Waals surface area contributed by atoms with Gasteiger partial charge < -0.3 is 15.3 Å². The number of carboxylic acids is 1. The molecule has 2 amide bonds. The molecule has 0 saturated carbocycles. The molecule has 1 unspecified atom stereocenters. The number of aliphatic carboxylic acids is 1. The molecule has 0 aromatic heterocycles. The molecule has 0 saturated heterocycles. The third-order valence-electron chi connectivity index (χ3n) is 2.86. The summed E-state index contributed by atoms with van der Waals surface area (Å²) in [6.07, 6.45) is 2.29. The monoisotopic (exact) mass is 330 g/mol. The van der Waals surface area contributed by atoms with Gasteiger partial charge in [-0.3, -0.25) is 0 Å². The van der Waals surface area contributed by atoms with Crippen LogP contribution in [0.1, 0.15) is 12.0 Å². The third-order valence-corrected chi connectivity index (χ3v) is 3.74. The number of nitrogens with one attached hydrogen (secondary N) is 1. The third kappa shape index (κ3) is 6.27. The number of rotatable bonds is 7. The standard InChI is InChI=1S/C14H19ClN2O3S/c1-17(9-10-4-3-5-11(15)8-10)14(20)16-12(13(18)19)6-7-21-2/h3-5,8,12H,6-7,9H2,1-2H3,(H,16,20)(H,18,19). The minimum Gasteiger partial charge on any atom is -0.480 e. The maximum atomic E-state index is 12.0. The van der Waals surface area contributed by atoms with Gasteiger partial charge in [0.2, 0.25) is 0 Å². The van der Waals surface area contributed by atoms with Crippen molar-refractivity contribution in [2.45, 2.75) is 19.0 Å². The summed E-state index contributed by atoms with van der Waals surface area (Å²) in [5, 5.41) is 12.2. The minimum absolute atomic E-state index is 0.362. The van der Waals surface area contributed by atoms with E-state index in [9.17, 15) is 9.59 Å². The van der Waals surface area contributed by atoms with Crippen LogP contribution in [0, 0.1) is 0 Å². The molecule has 0 aliphatic rings. The van der Waals surface area contributed by atoms with Crippen molar-refractivity contribution < 1.29 is 14.7 Å². The molecule has 7 heteroatoms. The van der Waals surface area contributed by atoms with Crippen LogP contribution in [-0.4, -0.2) is 47.1 Å². The van der Waals surface area contributed by atoms with Crippen molar-refractivity contribution in [3.8, 4) is 0 Å². The Balaban J connectivity index is 2.58. The van der Waals surface area contributed by atoms with Crippen LogP contribution in [0.4, 0.5) is 4.79 Å². The molecular weight excluding hydrogens is 312 g/mol. The Morgan fingerprint density at radius 1 is 1.48 bits per heavy atom. The Labute approximate surface area is 133 Å². The fourth-order valence-corrected chi connectivity index (χ4v) is 2.42. The molecule has 5 nitrogen and oxygen atoms in total. The lowest BCUT2D eigenvalue weighted by Gasteiger charge is -2.21. The van der Waals surface area contributed by atoms with Gasteiger partial charge in [0.1, 0.15) is 6.04 Å². The Kier molecular flexibility index (Phi) is 7.39. The van der Waals surface area contributed by atoms with Crippen LogP contribution >= 0.6 is 23.4 Å². The molecule has 0 aliphatic carbocycles. The summed E-state index contributed by atoms with van der Waals surface area (Å²) in [4.78, 5) is 24.6. The highest BCUT2D eigenvalue weighted by Crippen LogP contribution is 2.12. The zero-order valence-corrected chi connectivity index (χ0v) is 13.6. The lowest BCUT2D eigenvalue weighted by atomic mass is 10.2. The van der Waals surface area contributed by atoms with Crippen LogP contribution in [-0.2, 0) is 11.3 Å². The summed E-state index contributed by atoms with van der Waals surface area (Å²) in [5.74, 6) is -0.344.